The quantitative estimate of drug-likeness (QED) is 0.934. The van der Waals surface area contributed by atoms with E-state index in [0.717, 1.165) is 4.88 Å². The first-order valence-corrected chi connectivity index (χ1v) is 7.61. The summed E-state index contributed by atoms with van der Waals surface area (Å²) >= 11 is 7.62. The molecule has 2 heterocycles. The van der Waals surface area contributed by atoms with E-state index in [1.54, 1.807) is 11.3 Å². The summed E-state index contributed by atoms with van der Waals surface area (Å²) in [4.78, 5) is 21.7. The third-order valence-corrected chi connectivity index (χ3v) is 4.14. The van der Waals surface area contributed by atoms with Crippen molar-refractivity contribution in [3.05, 3.63) is 45.1 Å². The SMILES string of the molecule is CC(C)c1ncc(Cl)c(C(=O)NC(C)c2cccs2)n1. The average Bonchev–Trinajstić information content (AvgIpc) is 2.92. The summed E-state index contributed by atoms with van der Waals surface area (Å²) in [6.45, 7) is 5.88. The predicted octanol–water partition coefficient (Wildman–Crippen LogP) is 3.81. The van der Waals surface area contributed by atoms with Gasteiger partial charge in [0.1, 0.15) is 11.5 Å². The molecule has 0 spiro atoms. The van der Waals surface area contributed by atoms with Crippen molar-refractivity contribution in [3.63, 3.8) is 0 Å². The number of aromatic nitrogens is 2. The molecule has 4 nitrogen and oxygen atoms in total. The minimum absolute atomic E-state index is 0.0731. The van der Waals surface area contributed by atoms with Crippen LogP contribution in [0.5, 0.6) is 0 Å². The molecular formula is C14H16ClN3OS. The maximum atomic E-state index is 12.3. The van der Waals surface area contributed by atoms with Gasteiger partial charge in [-0.2, -0.15) is 0 Å². The Balaban J connectivity index is 2.18. The van der Waals surface area contributed by atoms with Crippen LogP contribution in [-0.4, -0.2) is 15.9 Å². The molecule has 0 aliphatic heterocycles. The number of nitrogens with one attached hydrogen (secondary N) is 1. The molecule has 0 aliphatic carbocycles. The molecule has 6 heteroatoms. The fourth-order valence-electron chi connectivity index (χ4n) is 1.69. The molecule has 1 amide bonds. The van der Waals surface area contributed by atoms with Gasteiger partial charge in [0.05, 0.1) is 17.3 Å². The van der Waals surface area contributed by atoms with E-state index in [1.807, 2.05) is 38.3 Å². The summed E-state index contributed by atoms with van der Waals surface area (Å²) in [6, 6.07) is 3.87. The van der Waals surface area contributed by atoms with Gasteiger partial charge in [-0.3, -0.25) is 4.79 Å². The summed E-state index contributed by atoms with van der Waals surface area (Å²) < 4.78 is 0. The molecule has 106 valence electrons. The highest BCUT2D eigenvalue weighted by Crippen LogP contribution is 2.20. The fraction of sp³-hybridized carbons (Fsp3) is 0.357. The van der Waals surface area contributed by atoms with E-state index in [0.29, 0.717) is 5.82 Å². The van der Waals surface area contributed by atoms with Crippen molar-refractivity contribution in [1.29, 1.82) is 0 Å². The second kappa shape index (κ2) is 6.33. The lowest BCUT2D eigenvalue weighted by Crippen LogP contribution is -2.27. The smallest absolute Gasteiger partial charge is 0.272 e. The molecule has 2 rings (SSSR count). The summed E-state index contributed by atoms with van der Waals surface area (Å²) in [7, 11) is 0. The molecule has 1 N–H and O–H groups in total. The Hall–Kier alpha value is -1.46. The standard InChI is InChI=1S/C14H16ClN3OS/c1-8(2)13-16-7-10(15)12(18-13)14(19)17-9(3)11-5-4-6-20-11/h4-9H,1-3H3,(H,17,19). The lowest BCUT2D eigenvalue weighted by atomic mass is 10.2. The van der Waals surface area contributed by atoms with E-state index < -0.39 is 0 Å². The average molecular weight is 310 g/mol. The summed E-state index contributed by atoms with van der Waals surface area (Å²) in [5.74, 6) is 0.483. The molecule has 2 aromatic heterocycles. The molecule has 0 bridgehead atoms. The molecule has 0 saturated heterocycles. The number of hydrogen-bond acceptors (Lipinski definition) is 4. The number of nitrogens with zero attached hydrogens (tertiary/aromatic N) is 2. The number of halogens is 1. The molecule has 0 fully saturated rings. The van der Waals surface area contributed by atoms with Gasteiger partial charge >= 0.3 is 0 Å². The molecular weight excluding hydrogens is 294 g/mol. The summed E-state index contributed by atoms with van der Waals surface area (Å²) in [5.41, 5.74) is 0.230. The van der Waals surface area contributed by atoms with Crippen molar-refractivity contribution in [1.82, 2.24) is 15.3 Å². The third-order valence-electron chi connectivity index (χ3n) is 2.81. The van der Waals surface area contributed by atoms with E-state index >= 15 is 0 Å². The highest BCUT2D eigenvalue weighted by Gasteiger charge is 2.18. The number of carbonyl (C=O) groups is 1. The first kappa shape index (κ1) is 14.9. The summed E-state index contributed by atoms with van der Waals surface area (Å²) in [5, 5.41) is 5.15. The monoisotopic (exact) mass is 309 g/mol. The Kier molecular flexibility index (Phi) is 4.73. The van der Waals surface area contributed by atoms with Gasteiger partial charge in [-0.25, -0.2) is 9.97 Å². The topological polar surface area (TPSA) is 54.9 Å². The van der Waals surface area contributed by atoms with Crippen LogP contribution in [0.15, 0.2) is 23.7 Å². The Morgan fingerprint density at radius 2 is 2.15 bits per heavy atom. The van der Waals surface area contributed by atoms with Gasteiger partial charge in [0.2, 0.25) is 0 Å². The van der Waals surface area contributed by atoms with Gasteiger partial charge in [0, 0.05) is 10.8 Å². The van der Waals surface area contributed by atoms with E-state index in [1.165, 1.54) is 6.20 Å². The number of carbonyl (C=O) groups excluding carboxylic acids is 1. The van der Waals surface area contributed by atoms with E-state index in [9.17, 15) is 4.79 Å². The molecule has 0 aromatic carbocycles. The van der Waals surface area contributed by atoms with Crippen LogP contribution in [0.1, 0.15) is 53.9 Å². The van der Waals surface area contributed by atoms with Crippen LogP contribution in [0.3, 0.4) is 0 Å². The van der Waals surface area contributed by atoms with Crippen molar-refractivity contribution in [3.8, 4) is 0 Å². The minimum atomic E-state index is -0.278. The first-order chi connectivity index (χ1) is 9.49. The number of amides is 1. The molecule has 20 heavy (non-hydrogen) atoms. The van der Waals surface area contributed by atoms with Crippen LogP contribution in [0.2, 0.25) is 5.02 Å². The first-order valence-electron chi connectivity index (χ1n) is 6.35. The lowest BCUT2D eigenvalue weighted by molar-refractivity contribution is 0.0935. The number of thiophene rings is 1. The van der Waals surface area contributed by atoms with Crippen LogP contribution in [-0.2, 0) is 0 Å². The number of rotatable bonds is 4. The lowest BCUT2D eigenvalue weighted by Gasteiger charge is -2.13. The Labute approximate surface area is 127 Å². The highest BCUT2D eigenvalue weighted by molar-refractivity contribution is 7.10. The van der Waals surface area contributed by atoms with Gasteiger partial charge in [-0.15, -0.1) is 11.3 Å². The summed E-state index contributed by atoms with van der Waals surface area (Å²) in [6.07, 6.45) is 1.48. The van der Waals surface area contributed by atoms with Gasteiger partial charge in [0.15, 0.2) is 0 Å². The van der Waals surface area contributed by atoms with Crippen molar-refractivity contribution >= 4 is 28.8 Å². The number of hydrogen-bond donors (Lipinski definition) is 1. The van der Waals surface area contributed by atoms with Crippen molar-refractivity contribution in [2.45, 2.75) is 32.7 Å². The largest absolute Gasteiger partial charge is 0.343 e. The highest BCUT2D eigenvalue weighted by atomic mass is 35.5. The van der Waals surface area contributed by atoms with Gasteiger partial charge in [0.25, 0.3) is 5.91 Å². The molecule has 2 aromatic rings. The maximum Gasteiger partial charge on any atom is 0.272 e. The Morgan fingerprint density at radius 1 is 1.40 bits per heavy atom. The molecule has 0 radical (unpaired) electrons. The van der Waals surface area contributed by atoms with Crippen LogP contribution >= 0.6 is 22.9 Å². The van der Waals surface area contributed by atoms with Gasteiger partial charge < -0.3 is 5.32 Å². The van der Waals surface area contributed by atoms with Crippen molar-refractivity contribution in [2.24, 2.45) is 0 Å². The normalized spacial score (nSPS) is 12.4. The predicted molar refractivity (Wildman–Crippen MR) is 81.3 cm³/mol. The zero-order valence-corrected chi connectivity index (χ0v) is 13.1. The molecule has 1 atom stereocenters. The van der Waals surface area contributed by atoms with E-state index in [-0.39, 0.29) is 28.6 Å². The molecule has 1 unspecified atom stereocenters. The van der Waals surface area contributed by atoms with Crippen molar-refractivity contribution in [2.75, 3.05) is 0 Å². The third kappa shape index (κ3) is 3.35. The van der Waals surface area contributed by atoms with E-state index in [2.05, 4.69) is 15.3 Å². The van der Waals surface area contributed by atoms with Crippen LogP contribution in [0.25, 0.3) is 0 Å². The maximum absolute atomic E-state index is 12.3. The zero-order chi connectivity index (χ0) is 14.7. The zero-order valence-electron chi connectivity index (χ0n) is 11.6. The van der Waals surface area contributed by atoms with E-state index in [4.69, 9.17) is 11.6 Å². The van der Waals surface area contributed by atoms with Crippen LogP contribution in [0, 0.1) is 0 Å². The second-order valence-electron chi connectivity index (χ2n) is 4.79. The van der Waals surface area contributed by atoms with Crippen LogP contribution < -0.4 is 5.32 Å². The Morgan fingerprint density at radius 3 is 2.75 bits per heavy atom. The van der Waals surface area contributed by atoms with Gasteiger partial charge in [-0.05, 0) is 18.4 Å². The van der Waals surface area contributed by atoms with Gasteiger partial charge in [-0.1, -0.05) is 31.5 Å². The second-order valence-corrected chi connectivity index (χ2v) is 6.18. The molecule has 0 saturated carbocycles. The molecule has 0 aliphatic rings. The fourth-order valence-corrected chi connectivity index (χ4v) is 2.60. The minimum Gasteiger partial charge on any atom is -0.343 e. The van der Waals surface area contributed by atoms with Crippen LogP contribution in [0.4, 0.5) is 0 Å². The Bertz CT molecular complexity index is 598. The van der Waals surface area contributed by atoms with Crippen molar-refractivity contribution < 1.29 is 4.79 Å².